The average Bonchev–Trinajstić information content (AvgIpc) is 2.72. The van der Waals surface area contributed by atoms with E-state index in [-0.39, 0.29) is 6.04 Å². The predicted octanol–water partition coefficient (Wildman–Crippen LogP) is 6.89. The first-order chi connectivity index (χ1) is 13.8. The number of hydrogen-bond donors (Lipinski definition) is 1. The molecule has 0 saturated carbocycles. The largest absolute Gasteiger partial charge is 0.497 e. The summed E-state index contributed by atoms with van der Waals surface area (Å²) in [6, 6.07) is 18.5. The molecule has 0 spiro atoms. The SMILES string of the molecule is COc1cccc([C@@H](C)NCc2ccc(Cl)c(-c3ccc(C(F)(F)F)cc3)c2)c1. The average molecular weight is 420 g/mol. The summed E-state index contributed by atoms with van der Waals surface area (Å²) < 4.78 is 43.6. The molecule has 0 unspecified atom stereocenters. The van der Waals surface area contributed by atoms with Gasteiger partial charge in [-0.1, -0.05) is 41.9 Å². The summed E-state index contributed by atoms with van der Waals surface area (Å²) in [5, 5.41) is 3.94. The molecule has 3 rings (SSSR count). The van der Waals surface area contributed by atoms with Gasteiger partial charge in [0.05, 0.1) is 12.7 Å². The predicted molar refractivity (Wildman–Crippen MR) is 110 cm³/mol. The maximum atomic E-state index is 12.8. The van der Waals surface area contributed by atoms with Crippen LogP contribution in [0.4, 0.5) is 13.2 Å². The van der Waals surface area contributed by atoms with Crippen molar-refractivity contribution in [3.63, 3.8) is 0 Å². The van der Waals surface area contributed by atoms with Gasteiger partial charge in [0.2, 0.25) is 0 Å². The fourth-order valence-corrected chi connectivity index (χ4v) is 3.27. The lowest BCUT2D eigenvalue weighted by molar-refractivity contribution is -0.137. The Labute approximate surface area is 173 Å². The van der Waals surface area contributed by atoms with Crippen molar-refractivity contribution in [2.75, 3.05) is 7.11 Å². The third kappa shape index (κ3) is 5.31. The number of nitrogens with one attached hydrogen (secondary N) is 1. The molecule has 0 aliphatic carbocycles. The van der Waals surface area contributed by atoms with Gasteiger partial charge in [-0.2, -0.15) is 13.2 Å². The van der Waals surface area contributed by atoms with E-state index in [1.807, 2.05) is 36.4 Å². The molecule has 0 aliphatic rings. The second kappa shape index (κ2) is 8.89. The van der Waals surface area contributed by atoms with Gasteiger partial charge in [-0.05, 0) is 60.0 Å². The smallest absolute Gasteiger partial charge is 0.416 e. The molecule has 6 heteroatoms. The van der Waals surface area contributed by atoms with Gasteiger partial charge in [-0.25, -0.2) is 0 Å². The molecule has 0 aliphatic heterocycles. The molecule has 2 nitrogen and oxygen atoms in total. The van der Waals surface area contributed by atoms with E-state index in [0.717, 1.165) is 29.0 Å². The fraction of sp³-hybridized carbons (Fsp3) is 0.217. The minimum Gasteiger partial charge on any atom is -0.497 e. The molecule has 0 radical (unpaired) electrons. The summed E-state index contributed by atoms with van der Waals surface area (Å²) >= 11 is 6.30. The Hall–Kier alpha value is -2.50. The molecular weight excluding hydrogens is 399 g/mol. The summed E-state index contributed by atoms with van der Waals surface area (Å²) in [6.07, 6.45) is -4.36. The molecule has 0 amide bonds. The van der Waals surface area contributed by atoms with E-state index in [1.54, 1.807) is 13.2 Å². The summed E-state index contributed by atoms with van der Waals surface area (Å²) in [5.41, 5.74) is 2.75. The van der Waals surface area contributed by atoms with Crippen molar-refractivity contribution < 1.29 is 17.9 Å². The topological polar surface area (TPSA) is 21.3 Å². The van der Waals surface area contributed by atoms with E-state index >= 15 is 0 Å². The van der Waals surface area contributed by atoms with Crippen molar-refractivity contribution in [1.82, 2.24) is 5.32 Å². The normalized spacial score (nSPS) is 12.6. The van der Waals surface area contributed by atoms with Crippen LogP contribution in [-0.2, 0) is 12.7 Å². The Morgan fingerprint density at radius 3 is 2.38 bits per heavy atom. The highest BCUT2D eigenvalue weighted by Gasteiger charge is 2.30. The third-order valence-corrected chi connectivity index (χ3v) is 5.09. The van der Waals surface area contributed by atoms with Crippen LogP contribution in [0.25, 0.3) is 11.1 Å². The maximum Gasteiger partial charge on any atom is 0.416 e. The molecule has 0 bridgehead atoms. The van der Waals surface area contributed by atoms with Crippen molar-refractivity contribution in [3.8, 4) is 16.9 Å². The van der Waals surface area contributed by atoms with Crippen molar-refractivity contribution in [1.29, 1.82) is 0 Å². The first-order valence-electron chi connectivity index (χ1n) is 9.11. The molecule has 152 valence electrons. The highest BCUT2D eigenvalue weighted by Crippen LogP contribution is 2.33. The van der Waals surface area contributed by atoms with Crippen molar-refractivity contribution in [2.24, 2.45) is 0 Å². The zero-order valence-electron chi connectivity index (χ0n) is 16.1. The van der Waals surface area contributed by atoms with Crippen LogP contribution >= 0.6 is 11.6 Å². The maximum absolute atomic E-state index is 12.8. The van der Waals surface area contributed by atoms with Crippen LogP contribution in [0.2, 0.25) is 5.02 Å². The lowest BCUT2D eigenvalue weighted by Gasteiger charge is -2.16. The minimum absolute atomic E-state index is 0.0929. The van der Waals surface area contributed by atoms with Gasteiger partial charge in [0, 0.05) is 23.2 Å². The van der Waals surface area contributed by atoms with E-state index < -0.39 is 11.7 Å². The lowest BCUT2D eigenvalue weighted by Crippen LogP contribution is -2.18. The summed E-state index contributed by atoms with van der Waals surface area (Å²) in [5.74, 6) is 0.798. The molecule has 0 heterocycles. The molecule has 0 saturated heterocycles. The van der Waals surface area contributed by atoms with E-state index in [0.29, 0.717) is 22.7 Å². The van der Waals surface area contributed by atoms with Crippen LogP contribution in [0.15, 0.2) is 66.7 Å². The Morgan fingerprint density at radius 1 is 1.00 bits per heavy atom. The van der Waals surface area contributed by atoms with Gasteiger partial charge >= 0.3 is 6.18 Å². The van der Waals surface area contributed by atoms with Crippen molar-refractivity contribution in [3.05, 3.63) is 88.4 Å². The fourth-order valence-electron chi connectivity index (χ4n) is 3.04. The molecule has 1 N–H and O–H groups in total. The van der Waals surface area contributed by atoms with Crippen LogP contribution < -0.4 is 10.1 Å². The second-order valence-corrected chi connectivity index (χ2v) is 7.18. The molecule has 3 aromatic carbocycles. The highest BCUT2D eigenvalue weighted by molar-refractivity contribution is 6.33. The Bertz CT molecular complexity index is 971. The van der Waals surface area contributed by atoms with Gasteiger partial charge in [-0.3, -0.25) is 0 Å². The zero-order chi connectivity index (χ0) is 21.0. The van der Waals surface area contributed by atoms with Crippen molar-refractivity contribution in [2.45, 2.75) is 25.7 Å². The molecule has 3 aromatic rings. The number of halogens is 4. The van der Waals surface area contributed by atoms with E-state index in [1.165, 1.54) is 12.1 Å². The summed E-state index contributed by atoms with van der Waals surface area (Å²) in [6.45, 7) is 2.64. The number of methoxy groups -OCH3 is 1. The lowest BCUT2D eigenvalue weighted by atomic mass is 10.0. The highest BCUT2D eigenvalue weighted by atomic mass is 35.5. The molecule has 0 fully saturated rings. The minimum atomic E-state index is -4.36. The van der Waals surface area contributed by atoms with Crippen LogP contribution in [0.3, 0.4) is 0 Å². The quantitative estimate of drug-likeness (QED) is 0.470. The van der Waals surface area contributed by atoms with Gasteiger partial charge in [0.15, 0.2) is 0 Å². The number of benzene rings is 3. The Morgan fingerprint density at radius 2 is 1.72 bits per heavy atom. The van der Waals surface area contributed by atoms with Gasteiger partial charge in [0.1, 0.15) is 5.75 Å². The molecule has 1 atom stereocenters. The Balaban J connectivity index is 1.75. The number of ether oxygens (including phenoxy) is 1. The van der Waals surface area contributed by atoms with Crippen molar-refractivity contribution >= 4 is 11.6 Å². The van der Waals surface area contributed by atoms with Crippen LogP contribution in [0.1, 0.15) is 29.7 Å². The van der Waals surface area contributed by atoms with Crippen LogP contribution in [-0.4, -0.2) is 7.11 Å². The van der Waals surface area contributed by atoms with Gasteiger partial charge in [0.25, 0.3) is 0 Å². The Kier molecular flexibility index (Phi) is 6.50. The first-order valence-corrected chi connectivity index (χ1v) is 9.49. The molecule has 0 aromatic heterocycles. The standard InChI is InChI=1S/C23H21ClF3NO/c1-15(18-4-3-5-20(13-18)29-2)28-14-16-6-11-22(24)21(12-16)17-7-9-19(10-8-17)23(25,26)27/h3-13,15,28H,14H2,1-2H3/t15-/m1/s1. The van der Waals surface area contributed by atoms with Gasteiger partial charge in [-0.15, -0.1) is 0 Å². The number of alkyl halides is 3. The van der Waals surface area contributed by atoms with E-state index in [9.17, 15) is 13.2 Å². The van der Waals surface area contributed by atoms with Gasteiger partial charge < -0.3 is 10.1 Å². The van der Waals surface area contributed by atoms with E-state index in [2.05, 4.69) is 12.2 Å². The van der Waals surface area contributed by atoms with Crippen LogP contribution in [0.5, 0.6) is 5.75 Å². The first kappa shape index (κ1) is 21.2. The second-order valence-electron chi connectivity index (χ2n) is 6.77. The molecule has 29 heavy (non-hydrogen) atoms. The van der Waals surface area contributed by atoms with Crippen LogP contribution in [0, 0.1) is 0 Å². The van der Waals surface area contributed by atoms with E-state index in [4.69, 9.17) is 16.3 Å². The number of rotatable bonds is 6. The summed E-state index contributed by atoms with van der Waals surface area (Å²) in [4.78, 5) is 0. The monoisotopic (exact) mass is 419 g/mol. The summed E-state index contributed by atoms with van der Waals surface area (Å²) in [7, 11) is 1.63. The number of hydrogen-bond acceptors (Lipinski definition) is 2. The zero-order valence-corrected chi connectivity index (χ0v) is 16.8. The molecular formula is C23H21ClF3NO. The third-order valence-electron chi connectivity index (χ3n) is 4.76.